The van der Waals surface area contributed by atoms with Gasteiger partial charge in [-0.05, 0) is 12.1 Å². The highest BCUT2D eigenvalue weighted by Crippen LogP contribution is 2.31. The number of anilines is 2. The van der Waals surface area contributed by atoms with Crippen LogP contribution in [0.1, 0.15) is 11.4 Å². The lowest BCUT2D eigenvalue weighted by molar-refractivity contribution is -0.144. The largest absolute Gasteiger partial charge is 0.451 e. The minimum Gasteiger partial charge on any atom is -0.328 e. The van der Waals surface area contributed by atoms with Crippen LogP contribution in [0.4, 0.5) is 24.7 Å². The number of aromatic nitrogens is 2. The molecule has 0 saturated carbocycles. The second kappa shape index (κ2) is 5.58. The van der Waals surface area contributed by atoms with Gasteiger partial charge in [-0.3, -0.25) is 0 Å². The molecule has 1 aromatic carbocycles. The number of hydrogen-bond acceptors (Lipinski definition) is 4. The van der Waals surface area contributed by atoms with Gasteiger partial charge in [0.25, 0.3) is 0 Å². The molecule has 0 fully saturated rings. The number of nitrogens with zero attached hydrogens (tertiary/aromatic N) is 4. The number of benzene rings is 1. The molecule has 2 rings (SSSR count). The molecule has 21 heavy (non-hydrogen) atoms. The van der Waals surface area contributed by atoms with Crippen molar-refractivity contribution in [2.24, 2.45) is 0 Å². The molecular weight excluding hydrogens is 305 g/mol. The number of rotatable bonds is 2. The van der Waals surface area contributed by atoms with Crippen molar-refractivity contribution in [3.8, 4) is 6.07 Å². The van der Waals surface area contributed by atoms with Crippen LogP contribution in [-0.4, -0.2) is 17.0 Å². The SMILES string of the molecule is CN(c1cc(Cl)nc(C(F)(F)F)n1)c1ccccc1C#N. The van der Waals surface area contributed by atoms with Crippen LogP contribution >= 0.6 is 11.6 Å². The Morgan fingerprint density at radius 3 is 2.52 bits per heavy atom. The van der Waals surface area contributed by atoms with Gasteiger partial charge in [0.05, 0.1) is 11.3 Å². The molecule has 2 aromatic rings. The van der Waals surface area contributed by atoms with Gasteiger partial charge in [-0.2, -0.15) is 18.4 Å². The summed E-state index contributed by atoms with van der Waals surface area (Å²) in [5, 5.41) is 8.71. The molecule has 0 bridgehead atoms. The highest BCUT2D eigenvalue weighted by Gasteiger charge is 2.35. The topological polar surface area (TPSA) is 52.8 Å². The number of hydrogen-bond donors (Lipinski definition) is 0. The third-order valence-corrected chi connectivity index (χ3v) is 2.86. The zero-order chi connectivity index (χ0) is 15.6. The molecule has 0 N–H and O–H groups in total. The lowest BCUT2D eigenvalue weighted by Gasteiger charge is -2.20. The van der Waals surface area contributed by atoms with Crippen molar-refractivity contribution in [3.63, 3.8) is 0 Å². The molecule has 0 spiro atoms. The Morgan fingerprint density at radius 1 is 1.24 bits per heavy atom. The summed E-state index contributed by atoms with van der Waals surface area (Å²) < 4.78 is 38.1. The lowest BCUT2D eigenvalue weighted by atomic mass is 10.2. The molecule has 4 nitrogen and oxygen atoms in total. The molecule has 0 atom stereocenters. The van der Waals surface area contributed by atoms with E-state index in [-0.39, 0.29) is 11.0 Å². The van der Waals surface area contributed by atoms with Gasteiger partial charge in [-0.15, -0.1) is 0 Å². The first-order valence-corrected chi connectivity index (χ1v) is 6.05. The lowest BCUT2D eigenvalue weighted by Crippen LogP contribution is -2.17. The zero-order valence-corrected chi connectivity index (χ0v) is 11.4. The van der Waals surface area contributed by atoms with E-state index in [9.17, 15) is 13.2 Å². The van der Waals surface area contributed by atoms with Crippen molar-refractivity contribution >= 4 is 23.1 Å². The fourth-order valence-electron chi connectivity index (χ4n) is 1.69. The van der Waals surface area contributed by atoms with E-state index in [0.29, 0.717) is 11.3 Å². The van der Waals surface area contributed by atoms with Gasteiger partial charge in [-0.1, -0.05) is 23.7 Å². The van der Waals surface area contributed by atoms with Gasteiger partial charge in [-0.25, -0.2) is 9.97 Å². The predicted octanol–water partition coefficient (Wildman–Crippen LogP) is 3.79. The summed E-state index contributed by atoms with van der Waals surface area (Å²) in [6.45, 7) is 0. The number of nitriles is 1. The van der Waals surface area contributed by atoms with Crippen molar-refractivity contribution in [1.29, 1.82) is 5.26 Å². The Kier molecular flexibility index (Phi) is 4.00. The van der Waals surface area contributed by atoms with Gasteiger partial charge in [0, 0.05) is 13.1 Å². The van der Waals surface area contributed by atoms with Crippen molar-refractivity contribution in [3.05, 3.63) is 46.9 Å². The molecule has 0 aliphatic rings. The van der Waals surface area contributed by atoms with E-state index in [1.165, 1.54) is 18.0 Å². The summed E-state index contributed by atoms with van der Waals surface area (Å²) in [6.07, 6.45) is -4.70. The number of alkyl halides is 3. The molecule has 0 saturated heterocycles. The normalized spacial score (nSPS) is 11.0. The van der Waals surface area contributed by atoms with Gasteiger partial charge >= 0.3 is 6.18 Å². The van der Waals surface area contributed by atoms with Crippen molar-refractivity contribution in [2.45, 2.75) is 6.18 Å². The average Bonchev–Trinajstić information content (AvgIpc) is 2.45. The van der Waals surface area contributed by atoms with E-state index >= 15 is 0 Å². The van der Waals surface area contributed by atoms with E-state index in [4.69, 9.17) is 16.9 Å². The van der Waals surface area contributed by atoms with Crippen molar-refractivity contribution < 1.29 is 13.2 Å². The molecule has 0 amide bonds. The predicted molar refractivity (Wildman–Crippen MR) is 71.3 cm³/mol. The second-order valence-corrected chi connectivity index (χ2v) is 4.45. The summed E-state index contributed by atoms with van der Waals surface area (Å²) in [6, 6.07) is 9.64. The van der Waals surface area contributed by atoms with Crippen molar-refractivity contribution in [1.82, 2.24) is 9.97 Å². The Bertz CT molecular complexity index is 709. The summed E-state index contributed by atoms with van der Waals surface area (Å²) in [4.78, 5) is 7.96. The molecule has 0 radical (unpaired) electrons. The molecule has 0 aliphatic carbocycles. The monoisotopic (exact) mass is 312 g/mol. The molecule has 0 aliphatic heterocycles. The van der Waals surface area contributed by atoms with Crippen LogP contribution in [0.15, 0.2) is 30.3 Å². The maximum absolute atomic E-state index is 12.7. The van der Waals surface area contributed by atoms with E-state index in [0.717, 1.165) is 0 Å². The van der Waals surface area contributed by atoms with Gasteiger partial charge < -0.3 is 4.90 Å². The Labute approximate surface area is 123 Å². The minimum absolute atomic E-state index is 0.0509. The van der Waals surface area contributed by atoms with E-state index in [1.54, 1.807) is 24.3 Å². The average molecular weight is 313 g/mol. The maximum atomic E-state index is 12.7. The van der Waals surface area contributed by atoms with Crippen LogP contribution in [0.3, 0.4) is 0 Å². The number of para-hydroxylation sites is 1. The first-order chi connectivity index (χ1) is 9.82. The third-order valence-electron chi connectivity index (χ3n) is 2.66. The van der Waals surface area contributed by atoms with Gasteiger partial charge in [0.15, 0.2) is 0 Å². The smallest absolute Gasteiger partial charge is 0.328 e. The van der Waals surface area contributed by atoms with Crippen LogP contribution in [-0.2, 0) is 6.18 Å². The zero-order valence-electron chi connectivity index (χ0n) is 10.7. The summed E-state index contributed by atoms with van der Waals surface area (Å²) in [5.41, 5.74) is 0.728. The first-order valence-electron chi connectivity index (χ1n) is 5.67. The Balaban J connectivity index is 2.52. The molecule has 0 unspecified atom stereocenters. The van der Waals surface area contributed by atoms with Gasteiger partial charge in [0.2, 0.25) is 5.82 Å². The molecule has 1 heterocycles. The second-order valence-electron chi connectivity index (χ2n) is 4.06. The summed E-state index contributed by atoms with van der Waals surface area (Å²) in [5.74, 6) is -1.38. The van der Waals surface area contributed by atoms with Crippen LogP contribution < -0.4 is 4.90 Å². The van der Waals surface area contributed by atoms with Gasteiger partial charge in [0.1, 0.15) is 17.0 Å². The van der Waals surface area contributed by atoms with Crippen molar-refractivity contribution in [2.75, 3.05) is 11.9 Å². The molecule has 8 heteroatoms. The van der Waals surface area contributed by atoms with Crippen LogP contribution in [0.2, 0.25) is 5.15 Å². The standard InChI is InChI=1S/C13H8ClF3N4/c1-21(9-5-3-2-4-8(9)7-18)11-6-10(14)19-12(20-11)13(15,16)17/h2-6H,1H3. The van der Waals surface area contributed by atoms with E-state index in [1.807, 2.05) is 6.07 Å². The quantitative estimate of drug-likeness (QED) is 0.792. The highest BCUT2D eigenvalue weighted by atomic mass is 35.5. The summed E-state index contributed by atoms with van der Waals surface area (Å²) in [7, 11) is 1.50. The van der Waals surface area contributed by atoms with Crippen LogP contribution in [0, 0.1) is 11.3 Å². The van der Waals surface area contributed by atoms with E-state index in [2.05, 4.69) is 9.97 Å². The Morgan fingerprint density at radius 2 is 1.90 bits per heavy atom. The number of halogens is 4. The maximum Gasteiger partial charge on any atom is 0.451 e. The third kappa shape index (κ3) is 3.23. The van der Waals surface area contributed by atoms with Crippen LogP contribution in [0.5, 0.6) is 0 Å². The minimum atomic E-state index is -4.70. The first kappa shape index (κ1) is 15.1. The molecule has 108 valence electrons. The molecule has 1 aromatic heterocycles. The fourth-order valence-corrected chi connectivity index (χ4v) is 1.87. The van der Waals surface area contributed by atoms with E-state index < -0.39 is 12.0 Å². The fraction of sp³-hybridized carbons (Fsp3) is 0.154. The Hall–Kier alpha value is -2.33. The molecular formula is C13H8ClF3N4. The summed E-state index contributed by atoms with van der Waals surface area (Å²) >= 11 is 5.62. The highest BCUT2D eigenvalue weighted by molar-refractivity contribution is 6.29. The van der Waals surface area contributed by atoms with Crippen LogP contribution in [0.25, 0.3) is 0 Å².